The fourth-order valence-corrected chi connectivity index (χ4v) is 4.92. The van der Waals surface area contributed by atoms with Crippen LogP contribution in [0.15, 0.2) is 28.6 Å². The molecule has 1 aromatic carbocycles. The third-order valence-corrected chi connectivity index (χ3v) is 6.02. The number of carbonyl (C=O) groups is 2. The van der Waals surface area contributed by atoms with Gasteiger partial charge in [0.05, 0.1) is 10.9 Å². The Kier molecular flexibility index (Phi) is 5.02. The van der Waals surface area contributed by atoms with Crippen LogP contribution in [0.3, 0.4) is 0 Å². The van der Waals surface area contributed by atoms with E-state index in [-0.39, 0.29) is 11.9 Å². The minimum Gasteiger partial charge on any atom is -0.336 e. The zero-order valence-electron chi connectivity index (χ0n) is 13.2. The molecule has 0 radical (unpaired) electrons. The van der Waals surface area contributed by atoms with Crippen LogP contribution in [0, 0.1) is 10.9 Å². The summed E-state index contributed by atoms with van der Waals surface area (Å²) in [5.41, 5.74) is 2.01. The van der Waals surface area contributed by atoms with E-state index in [2.05, 4.69) is 10.4 Å². The van der Waals surface area contributed by atoms with Crippen LogP contribution in [-0.2, 0) is 4.79 Å². The van der Waals surface area contributed by atoms with Crippen molar-refractivity contribution in [3.63, 3.8) is 0 Å². The molecule has 0 saturated carbocycles. The second-order valence-corrected chi connectivity index (χ2v) is 8.52. The smallest absolute Gasteiger partial charge is 0.324 e. The number of imide groups is 1. The van der Waals surface area contributed by atoms with Crippen LogP contribution in [0.4, 0.5) is 4.79 Å². The Balaban J connectivity index is 1.78. The Morgan fingerprint density at radius 1 is 1.46 bits per heavy atom. The molecule has 126 valence electrons. The highest BCUT2D eigenvalue weighted by Crippen LogP contribution is 2.29. The number of nitrogens with one attached hydrogen (secondary N) is 1. The standard InChI is InChI=1S/C15H16N4O2S3/c1-9-5-3-4-6-11(9)19-15(22)24-14(17-19)23-10(2)12(20)18-8-7-16-13(18)21/h3-6,10H,7-8H2,1-2H3,(H,16,21)/t10-/m1/s1. The molecular formula is C15H16N4O2S3. The van der Waals surface area contributed by atoms with Crippen molar-refractivity contribution in [2.24, 2.45) is 0 Å². The van der Waals surface area contributed by atoms with Crippen LogP contribution < -0.4 is 5.32 Å². The van der Waals surface area contributed by atoms with Gasteiger partial charge in [-0.1, -0.05) is 41.3 Å². The average molecular weight is 381 g/mol. The lowest BCUT2D eigenvalue weighted by Gasteiger charge is -2.16. The third-order valence-electron chi connectivity index (χ3n) is 3.62. The molecule has 0 unspecified atom stereocenters. The van der Waals surface area contributed by atoms with Gasteiger partial charge in [0.1, 0.15) is 0 Å². The van der Waals surface area contributed by atoms with E-state index in [4.69, 9.17) is 12.2 Å². The fraction of sp³-hybridized carbons (Fsp3) is 0.333. The number of carbonyl (C=O) groups excluding carboxylic acids is 2. The predicted octanol–water partition coefficient (Wildman–Crippen LogP) is 3.00. The Hall–Kier alpha value is -1.71. The number of hydrogen-bond acceptors (Lipinski definition) is 6. The van der Waals surface area contributed by atoms with E-state index >= 15 is 0 Å². The lowest BCUT2D eigenvalue weighted by molar-refractivity contribution is -0.126. The van der Waals surface area contributed by atoms with Crippen molar-refractivity contribution in [2.75, 3.05) is 13.1 Å². The summed E-state index contributed by atoms with van der Waals surface area (Å²) < 4.78 is 3.06. The van der Waals surface area contributed by atoms with Crippen molar-refractivity contribution in [3.05, 3.63) is 33.8 Å². The van der Waals surface area contributed by atoms with Gasteiger partial charge in [0.2, 0.25) is 5.91 Å². The van der Waals surface area contributed by atoms with Crippen LogP contribution >= 0.6 is 35.3 Å². The monoisotopic (exact) mass is 380 g/mol. The first-order valence-corrected chi connectivity index (χ1v) is 9.50. The number of rotatable bonds is 4. The van der Waals surface area contributed by atoms with Gasteiger partial charge in [0, 0.05) is 13.1 Å². The number of benzene rings is 1. The van der Waals surface area contributed by atoms with Gasteiger partial charge < -0.3 is 5.32 Å². The molecule has 1 aliphatic rings. The summed E-state index contributed by atoms with van der Waals surface area (Å²) in [5, 5.41) is 6.76. The van der Waals surface area contributed by atoms with Crippen molar-refractivity contribution in [1.82, 2.24) is 20.0 Å². The summed E-state index contributed by atoms with van der Waals surface area (Å²) in [6.45, 7) is 4.70. The van der Waals surface area contributed by atoms with Crippen LogP contribution in [0.25, 0.3) is 5.69 Å². The molecular weight excluding hydrogens is 364 g/mol. The lowest BCUT2D eigenvalue weighted by Crippen LogP contribution is -2.38. The topological polar surface area (TPSA) is 67.2 Å². The fourth-order valence-electron chi connectivity index (χ4n) is 2.36. The van der Waals surface area contributed by atoms with Crippen LogP contribution in [-0.4, -0.2) is 45.0 Å². The van der Waals surface area contributed by atoms with Gasteiger partial charge in [-0.3, -0.25) is 9.69 Å². The van der Waals surface area contributed by atoms with Gasteiger partial charge in [0.25, 0.3) is 0 Å². The van der Waals surface area contributed by atoms with Crippen molar-refractivity contribution in [3.8, 4) is 5.69 Å². The summed E-state index contributed by atoms with van der Waals surface area (Å²) in [6, 6.07) is 7.54. The average Bonchev–Trinajstić information content (AvgIpc) is 3.13. The SMILES string of the molecule is Cc1ccccc1-n1nc(S[C@H](C)C(=O)N2CCNC2=O)sc1=S. The molecule has 1 fully saturated rings. The number of thioether (sulfide) groups is 1. The highest BCUT2D eigenvalue weighted by atomic mass is 32.2. The maximum absolute atomic E-state index is 12.4. The molecule has 24 heavy (non-hydrogen) atoms. The maximum Gasteiger partial charge on any atom is 0.324 e. The molecule has 1 N–H and O–H groups in total. The quantitative estimate of drug-likeness (QED) is 0.652. The number of para-hydroxylation sites is 1. The molecule has 3 amide bonds. The highest BCUT2D eigenvalue weighted by molar-refractivity contribution is 8.02. The van der Waals surface area contributed by atoms with E-state index in [1.165, 1.54) is 28.0 Å². The molecule has 9 heteroatoms. The number of hydrogen-bond donors (Lipinski definition) is 1. The summed E-state index contributed by atoms with van der Waals surface area (Å²) in [5.74, 6) is -0.210. The zero-order chi connectivity index (χ0) is 17.3. The minimum atomic E-state index is -0.403. The Morgan fingerprint density at radius 2 is 2.21 bits per heavy atom. The van der Waals surface area contributed by atoms with Crippen LogP contribution in [0.5, 0.6) is 0 Å². The van der Waals surface area contributed by atoms with Gasteiger partial charge in [-0.2, -0.15) is 0 Å². The number of urea groups is 1. The molecule has 1 aliphatic heterocycles. The van der Waals surface area contributed by atoms with E-state index in [1.807, 2.05) is 31.2 Å². The number of aryl methyl sites for hydroxylation is 1. The molecule has 1 saturated heterocycles. The van der Waals surface area contributed by atoms with Gasteiger partial charge in [-0.15, -0.1) is 5.10 Å². The molecule has 2 heterocycles. The first-order chi connectivity index (χ1) is 11.5. The normalized spacial score (nSPS) is 15.4. The summed E-state index contributed by atoms with van der Waals surface area (Å²) in [6.07, 6.45) is 0. The van der Waals surface area contributed by atoms with Crippen LogP contribution in [0.2, 0.25) is 0 Å². The van der Waals surface area contributed by atoms with E-state index in [0.717, 1.165) is 11.3 Å². The zero-order valence-corrected chi connectivity index (χ0v) is 15.6. The Morgan fingerprint density at radius 3 is 2.88 bits per heavy atom. The maximum atomic E-state index is 12.4. The molecule has 6 nitrogen and oxygen atoms in total. The summed E-state index contributed by atoms with van der Waals surface area (Å²) >= 11 is 8.10. The van der Waals surface area contributed by atoms with Gasteiger partial charge >= 0.3 is 6.03 Å². The number of nitrogens with zero attached hydrogens (tertiary/aromatic N) is 3. The Bertz CT molecular complexity index is 845. The second kappa shape index (κ2) is 7.04. The third kappa shape index (κ3) is 3.38. The van der Waals surface area contributed by atoms with E-state index in [0.29, 0.717) is 21.4 Å². The largest absolute Gasteiger partial charge is 0.336 e. The van der Waals surface area contributed by atoms with Gasteiger partial charge in [0.15, 0.2) is 8.29 Å². The highest BCUT2D eigenvalue weighted by Gasteiger charge is 2.30. The van der Waals surface area contributed by atoms with Crippen molar-refractivity contribution >= 4 is 47.3 Å². The van der Waals surface area contributed by atoms with E-state index < -0.39 is 5.25 Å². The van der Waals surface area contributed by atoms with Crippen molar-refractivity contribution in [1.29, 1.82) is 0 Å². The molecule has 1 aromatic heterocycles. The first kappa shape index (κ1) is 17.1. The van der Waals surface area contributed by atoms with Crippen LogP contribution in [0.1, 0.15) is 12.5 Å². The van der Waals surface area contributed by atoms with Gasteiger partial charge in [-0.05, 0) is 37.7 Å². The molecule has 0 aliphatic carbocycles. The van der Waals surface area contributed by atoms with Crippen molar-refractivity contribution < 1.29 is 9.59 Å². The summed E-state index contributed by atoms with van der Waals surface area (Å²) in [7, 11) is 0. The number of aromatic nitrogens is 2. The first-order valence-electron chi connectivity index (χ1n) is 7.39. The second-order valence-electron chi connectivity index (χ2n) is 5.31. The van der Waals surface area contributed by atoms with E-state index in [1.54, 1.807) is 11.6 Å². The predicted molar refractivity (Wildman–Crippen MR) is 97.4 cm³/mol. The molecule has 0 bridgehead atoms. The Labute approximate surface area is 152 Å². The minimum absolute atomic E-state index is 0.210. The molecule has 0 spiro atoms. The van der Waals surface area contributed by atoms with Crippen molar-refractivity contribution in [2.45, 2.75) is 23.4 Å². The molecule has 1 atom stereocenters. The molecule has 3 rings (SSSR count). The molecule has 2 aromatic rings. The lowest BCUT2D eigenvalue weighted by atomic mass is 10.2. The number of amides is 3. The van der Waals surface area contributed by atoms with E-state index in [9.17, 15) is 9.59 Å². The summed E-state index contributed by atoms with van der Waals surface area (Å²) in [4.78, 5) is 25.2. The van der Waals surface area contributed by atoms with Gasteiger partial charge in [-0.25, -0.2) is 9.48 Å².